The van der Waals surface area contributed by atoms with Crippen molar-refractivity contribution in [3.8, 4) is 0 Å². The van der Waals surface area contributed by atoms with Crippen molar-refractivity contribution in [3.63, 3.8) is 0 Å². The Labute approximate surface area is 93.6 Å². The summed E-state index contributed by atoms with van der Waals surface area (Å²) in [6, 6.07) is 0.292. The highest BCUT2D eigenvalue weighted by atomic mass is 16.5. The van der Waals surface area contributed by atoms with Crippen molar-refractivity contribution in [2.75, 3.05) is 6.61 Å². The highest BCUT2D eigenvalue weighted by Crippen LogP contribution is 2.31. The van der Waals surface area contributed by atoms with Crippen molar-refractivity contribution in [1.29, 1.82) is 0 Å². The van der Waals surface area contributed by atoms with Gasteiger partial charge in [-0.2, -0.15) is 0 Å². The summed E-state index contributed by atoms with van der Waals surface area (Å²) in [7, 11) is 0. The maximum atomic E-state index is 6.39. The van der Waals surface area contributed by atoms with Gasteiger partial charge in [-0.15, -0.1) is 0 Å². The second-order valence-corrected chi connectivity index (χ2v) is 5.43. The molecule has 2 nitrogen and oxygen atoms in total. The summed E-state index contributed by atoms with van der Waals surface area (Å²) in [5.41, 5.74) is 6.39. The molecule has 3 atom stereocenters. The predicted molar refractivity (Wildman–Crippen MR) is 62.7 cm³/mol. The van der Waals surface area contributed by atoms with Gasteiger partial charge in [-0.05, 0) is 31.1 Å². The summed E-state index contributed by atoms with van der Waals surface area (Å²) in [5, 5.41) is 0. The maximum absolute atomic E-state index is 6.39. The predicted octanol–water partition coefficient (Wildman–Crippen LogP) is 2.71. The topological polar surface area (TPSA) is 35.2 Å². The fraction of sp³-hybridized carbons (Fsp3) is 1.00. The number of hydrogen-bond acceptors (Lipinski definition) is 2. The third-order valence-corrected chi connectivity index (χ3v) is 4.27. The fourth-order valence-corrected chi connectivity index (χ4v) is 3.17. The van der Waals surface area contributed by atoms with Gasteiger partial charge in [0.05, 0.1) is 6.10 Å². The zero-order chi connectivity index (χ0) is 10.7. The van der Waals surface area contributed by atoms with E-state index in [1.165, 1.54) is 44.9 Å². The van der Waals surface area contributed by atoms with Gasteiger partial charge in [0.25, 0.3) is 0 Å². The van der Waals surface area contributed by atoms with E-state index < -0.39 is 0 Å². The minimum Gasteiger partial charge on any atom is -0.376 e. The molecule has 1 heterocycles. The molecule has 0 bridgehead atoms. The molecule has 0 aromatic heterocycles. The zero-order valence-corrected chi connectivity index (χ0v) is 9.95. The molecule has 0 aromatic carbocycles. The molecule has 1 aliphatic heterocycles. The largest absolute Gasteiger partial charge is 0.376 e. The van der Waals surface area contributed by atoms with E-state index in [1.54, 1.807) is 0 Å². The van der Waals surface area contributed by atoms with Gasteiger partial charge in [0.1, 0.15) is 0 Å². The molecule has 0 amide bonds. The van der Waals surface area contributed by atoms with Crippen LogP contribution < -0.4 is 5.73 Å². The first kappa shape index (κ1) is 11.4. The molecule has 2 N–H and O–H groups in total. The van der Waals surface area contributed by atoms with E-state index in [4.69, 9.17) is 10.5 Å². The molecule has 15 heavy (non-hydrogen) atoms. The first-order chi connectivity index (χ1) is 7.29. The number of nitrogens with two attached hydrogens (primary N) is 1. The number of ether oxygens (including phenoxy) is 1. The summed E-state index contributed by atoms with van der Waals surface area (Å²) in [6.07, 6.45) is 9.76. The molecule has 1 saturated heterocycles. The fourth-order valence-electron chi connectivity index (χ4n) is 3.17. The molecule has 0 spiro atoms. The van der Waals surface area contributed by atoms with Crippen LogP contribution in [0.3, 0.4) is 0 Å². The average molecular weight is 211 g/mol. The van der Waals surface area contributed by atoms with E-state index in [1.807, 2.05) is 0 Å². The molecular formula is C13H25NO. The standard InChI is InChI=1S/C13H25NO/c1-10-8-9-15-13(10)12(14)11-6-4-2-3-5-7-11/h10-13H,2-9,14H2,1H3. The highest BCUT2D eigenvalue weighted by molar-refractivity contribution is 4.87. The van der Waals surface area contributed by atoms with E-state index in [-0.39, 0.29) is 0 Å². The van der Waals surface area contributed by atoms with E-state index in [0.717, 1.165) is 12.5 Å². The average Bonchev–Trinajstić information content (AvgIpc) is 2.53. The Morgan fingerprint density at radius 2 is 1.73 bits per heavy atom. The van der Waals surface area contributed by atoms with Crippen molar-refractivity contribution in [3.05, 3.63) is 0 Å². The van der Waals surface area contributed by atoms with Crippen molar-refractivity contribution < 1.29 is 4.74 Å². The molecule has 1 saturated carbocycles. The van der Waals surface area contributed by atoms with Crippen LogP contribution in [0.25, 0.3) is 0 Å². The summed E-state index contributed by atoms with van der Waals surface area (Å²) < 4.78 is 5.80. The van der Waals surface area contributed by atoms with Crippen LogP contribution >= 0.6 is 0 Å². The lowest BCUT2D eigenvalue weighted by Gasteiger charge is -2.29. The van der Waals surface area contributed by atoms with Crippen molar-refractivity contribution in [2.24, 2.45) is 17.6 Å². The summed E-state index contributed by atoms with van der Waals surface area (Å²) in [4.78, 5) is 0. The van der Waals surface area contributed by atoms with Gasteiger partial charge < -0.3 is 10.5 Å². The van der Waals surface area contributed by atoms with Crippen LogP contribution in [0.4, 0.5) is 0 Å². The van der Waals surface area contributed by atoms with Gasteiger partial charge in [-0.25, -0.2) is 0 Å². The lowest BCUT2D eigenvalue weighted by molar-refractivity contribution is 0.0517. The van der Waals surface area contributed by atoms with Crippen LogP contribution in [0.5, 0.6) is 0 Å². The van der Waals surface area contributed by atoms with E-state index in [9.17, 15) is 0 Å². The molecule has 0 radical (unpaired) electrons. The van der Waals surface area contributed by atoms with Crippen LogP contribution in [0, 0.1) is 11.8 Å². The smallest absolute Gasteiger partial charge is 0.0754 e. The van der Waals surface area contributed by atoms with Crippen LogP contribution in [0.2, 0.25) is 0 Å². The monoisotopic (exact) mass is 211 g/mol. The van der Waals surface area contributed by atoms with Crippen LogP contribution in [0.1, 0.15) is 51.9 Å². The van der Waals surface area contributed by atoms with Crippen molar-refractivity contribution in [2.45, 2.75) is 64.0 Å². The van der Waals surface area contributed by atoms with Crippen molar-refractivity contribution >= 4 is 0 Å². The lowest BCUT2D eigenvalue weighted by atomic mass is 9.85. The van der Waals surface area contributed by atoms with Crippen LogP contribution in [0.15, 0.2) is 0 Å². The molecule has 2 aliphatic rings. The Bertz CT molecular complexity index is 187. The van der Waals surface area contributed by atoms with Gasteiger partial charge in [-0.1, -0.05) is 32.6 Å². The zero-order valence-electron chi connectivity index (χ0n) is 9.95. The first-order valence-corrected chi connectivity index (χ1v) is 6.66. The Kier molecular flexibility index (Phi) is 4.04. The summed E-state index contributed by atoms with van der Waals surface area (Å²) >= 11 is 0. The third-order valence-electron chi connectivity index (χ3n) is 4.27. The molecule has 88 valence electrons. The van der Waals surface area contributed by atoms with Crippen molar-refractivity contribution in [1.82, 2.24) is 0 Å². The molecule has 2 rings (SSSR count). The van der Waals surface area contributed by atoms with Gasteiger partial charge >= 0.3 is 0 Å². The number of rotatable bonds is 2. The molecular weight excluding hydrogens is 186 g/mol. The minimum absolute atomic E-state index is 0.292. The third kappa shape index (κ3) is 2.73. The number of hydrogen-bond donors (Lipinski definition) is 1. The Morgan fingerprint density at radius 1 is 1.07 bits per heavy atom. The summed E-state index contributed by atoms with van der Waals surface area (Å²) in [6.45, 7) is 3.21. The normalized spacial score (nSPS) is 36.4. The van der Waals surface area contributed by atoms with E-state index in [0.29, 0.717) is 18.1 Å². The Hall–Kier alpha value is -0.0800. The molecule has 2 heteroatoms. The van der Waals surface area contributed by atoms with Gasteiger partial charge in [-0.3, -0.25) is 0 Å². The Morgan fingerprint density at radius 3 is 2.27 bits per heavy atom. The molecule has 2 fully saturated rings. The van der Waals surface area contributed by atoms with Gasteiger partial charge in [0, 0.05) is 12.6 Å². The molecule has 1 aliphatic carbocycles. The van der Waals surface area contributed by atoms with E-state index >= 15 is 0 Å². The summed E-state index contributed by atoms with van der Waals surface area (Å²) in [5.74, 6) is 1.39. The van der Waals surface area contributed by atoms with E-state index in [2.05, 4.69) is 6.92 Å². The second kappa shape index (κ2) is 5.31. The van der Waals surface area contributed by atoms with Gasteiger partial charge in [0.2, 0.25) is 0 Å². The van der Waals surface area contributed by atoms with Crippen LogP contribution in [-0.2, 0) is 4.74 Å². The minimum atomic E-state index is 0.292. The molecule has 3 unspecified atom stereocenters. The Balaban J connectivity index is 1.90. The molecule has 0 aromatic rings. The SMILES string of the molecule is CC1CCOC1C(N)C1CCCCCC1. The first-order valence-electron chi connectivity index (χ1n) is 6.66. The second-order valence-electron chi connectivity index (χ2n) is 5.43. The maximum Gasteiger partial charge on any atom is 0.0754 e. The highest BCUT2D eigenvalue weighted by Gasteiger charge is 2.34. The lowest BCUT2D eigenvalue weighted by Crippen LogP contribution is -2.43. The van der Waals surface area contributed by atoms with Crippen LogP contribution in [-0.4, -0.2) is 18.8 Å². The van der Waals surface area contributed by atoms with Gasteiger partial charge in [0.15, 0.2) is 0 Å². The quantitative estimate of drug-likeness (QED) is 0.713.